The van der Waals surface area contributed by atoms with Crippen LogP contribution in [-0.4, -0.2) is 33.2 Å². The topological polar surface area (TPSA) is 71.0 Å². The zero-order chi connectivity index (χ0) is 21.9. The highest BCUT2D eigenvalue weighted by Crippen LogP contribution is 2.35. The Morgan fingerprint density at radius 1 is 1.12 bits per heavy atom. The lowest BCUT2D eigenvalue weighted by atomic mass is 10.0. The molecule has 0 saturated heterocycles. The summed E-state index contributed by atoms with van der Waals surface area (Å²) < 4.78 is 0.938. The van der Waals surface area contributed by atoms with Crippen LogP contribution >= 0.6 is 23.1 Å². The summed E-state index contributed by atoms with van der Waals surface area (Å²) in [5.41, 5.74) is 5.46. The second-order valence-electron chi connectivity index (χ2n) is 7.62. The molecule has 0 radical (unpaired) electrons. The summed E-state index contributed by atoms with van der Waals surface area (Å²) in [6.07, 6.45) is 3.42. The van der Waals surface area contributed by atoms with E-state index in [1.807, 2.05) is 24.3 Å². The van der Waals surface area contributed by atoms with Crippen LogP contribution in [0.15, 0.2) is 59.9 Å². The average molecular weight is 462 g/mol. The predicted molar refractivity (Wildman–Crippen MR) is 132 cm³/mol. The van der Waals surface area contributed by atoms with Gasteiger partial charge in [0.15, 0.2) is 10.8 Å². The minimum absolute atomic E-state index is 0.0416. The first-order valence-electron chi connectivity index (χ1n) is 10.6. The van der Waals surface area contributed by atoms with Gasteiger partial charge < -0.3 is 10.2 Å². The number of hydrogen-bond donors (Lipinski definition) is 1. The van der Waals surface area contributed by atoms with E-state index < -0.39 is 0 Å². The molecule has 0 fully saturated rings. The lowest BCUT2D eigenvalue weighted by molar-refractivity contribution is -0.113. The van der Waals surface area contributed by atoms with Crippen LogP contribution in [0, 0.1) is 0 Å². The van der Waals surface area contributed by atoms with Gasteiger partial charge in [-0.15, -0.1) is 0 Å². The normalized spacial score (nSPS) is 13.2. The number of nitrogens with zero attached hydrogens (tertiary/aromatic N) is 4. The van der Waals surface area contributed by atoms with Crippen molar-refractivity contribution < 1.29 is 4.79 Å². The summed E-state index contributed by atoms with van der Waals surface area (Å²) in [5.74, 6) is 0.245. The lowest BCUT2D eigenvalue weighted by Crippen LogP contribution is -2.30. The van der Waals surface area contributed by atoms with E-state index in [4.69, 9.17) is 4.98 Å². The predicted octanol–water partition coefficient (Wildman–Crippen LogP) is 4.94. The average Bonchev–Trinajstić information content (AvgIpc) is 3.28. The van der Waals surface area contributed by atoms with Crippen molar-refractivity contribution in [1.29, 1.82) is 0 Å². The van der Waals surface area contributed by atoms with Gasteiger partial charge in [0.1, 0.15) is 16.1 Å². The second-order valence-corrected chi connectivity index (χ2v) is 9.56. The van der Waals surface area contributed by atoms with Gasteiger partial charge in [-0.2, -0.15) is 4.98 Å². The van der Waals surface area contributed by atoms with Gasteiger partial charge in [-0.25, -0.2) is 9.97 Å². The molecule has 162 valence electrons. The smallest absolute Gasteiger partial charge is 0.234 e. The Balaban J connectivity index is 1.30. The summed E-state index contributed by atoms with van der Waals surface area (Å²) in [5, 5.41) is 4.78. The molecule has 2 aromatic heterocycles. The van der Waals surface area contributed by atoms with Crippen molar-refractivity contribution >= 4 is 50.2 Å². The number of fused-ring (bicyclic) bond motifs is 2. The Labute approximate surface area is 195 Å². The molecule has 1 amide bonds. The van der Waals surface area contributed by atoms with E-state index in [2.05, 4.69) is 51.4 Å². The largest absolute Gasteiger partial charge is 0.343 e. The summed E-state index contributed by atoms with van der Waals surface area (Å²) in [6, 6.07) is 16.5. The molecule has 5 rings (SSSR count). The molecule has 3 heterocycles. The molecule has 8 heteroatoms. The van der Waals surface area contributed by atoms with E-state index in [0.29, 0.717) is 5.65 Å². The second kappa shape index (κ2) is 9.26. The fourth-order valence-corrected chi connectivity index (χ4v) is 5.81. The van der Waals surface area contributed by atoms with Gasteiger partial charge in [-0.1, -0.05) is 72.5 Å². The molecule has 0 aliphatic carbocycles. The number of thiazole rings is 1. The van der Waals surface area contributed by atoms with Crippen LogP contribution in [0.25, 0.3) is 10.3 Å². The van der Waals surface area contributed by atoms with Crippen LogP contribution in [0.3, 0.4) is 0 Å². The van der Waals surface area contributed by atoms with Gasteiger partial charge in [-0.05, 0) is 35.6 Å². The Hall–Kier alpha value is -2.97. The summed E-state index contributed by atoms with van der Waals surface area (Å²) in [6.45, 7) is 3.87. The van der Waals surface area contributed by atoms with Crippen molar-refractivity contribution in [3.63, 3.8) is 0 Å². The number of thioether (sulfide) groups is 1. The highest BCUT2D eigenvalue weighted by molar-refractivity contribution is 8.00. The van der Waals surface area contributed by atoms with Crippen LogP contribution < -0.4 is 10.2 Å². The summed E-state index contributed by atoms with van der Waals surface area (Å²) in [7, 11) is 0. The first-order chi connectivity index (χ1) is 15.7. The number of para-hydroxylation sites is 1. The Morgan fingerprint density at radius 2 is 1.94 bits per heavy atom. The van der Waals surface area contributed by atoms with Gasteiger partial charge in [0.2, 0.25) is 5.91 Å². The molecule has 1 aliphatic rings. The molecule has 2 aromatic carbocycles. The van der Waals surface area contributed by atoms with E-state index in [0.717, 1.165) is 52.0 Å². The van der Waals surface area contributed by atoms with E-state index in [9.17, 15) is 4.79 Å². The minimum atomic E-state index is -0.0416. The number of aromatic nitrogens is 3. The number of benzene rings is 2. The molecular formula is C24H23N5OS2. The molecule has 0 unspecified atom stereocenters. The third-order valence-corrected chi connectivity index (χ3v) is 7.79. The molecule has 0 bridgehead atoms. The zero-order valence-corrected chi connectivity index (χ0v) is 19.4. The number of amides is 1. The molecule has 6 nitrogen and oxygen atoms in total. The van der Waals surface area contributed by atoms with Crippen molar-refractivity contribution in [2.24, 2.45) is 0 Å². The quantitative estimate of drug-likeness (QED) is 0.324. The Bertz CT molecular complexity index is 1270. The molecule has 1 N–H and O–H groups in total. The van der Waals surface area contributed by atoms with Gasteiger partial charge in [0, 0.05) is 18.8 Å². The van der Waals surface area contributed by atoms with Crippen molar-refractivity contribution in [3.8, 4) is 0 Å². The van der Waals surface area contributed by atoms with Gasteiger partial charge in [0.25, 0.3) is 0 Å². The zero-order valence-electron chi connectivity index (χ0n) is 17.7. The molecular weight excluding hydrogens is 438 g/mol. The number of carbonyl (C=O) groups is 1. The maximum absolute atomic E-state index is 12.6. The van der Waals surface area contributed by atoms with Gasteiger partial charge >= 0.3 is 0 Å². The number of rotatable bonds is 6. The van der Waals surface area contributed by atoms with Crippen LogP contribution in [-0.2, 0) is 24.2 Å². The fraction of sp³-hybridized carbons (Fsp3) is 0.250. The maximum Gasteiger partial charge on any atom is 0.234 e. The summed E-state index contributed by atoms with van der Waals surface area (Å²) in [4.78, 5) is 28.4. The molecule has 4 aromatic rings. The molecule has 0 spiro atoms. The Kier molecular flexibility index (Phi) is 6.05. The van der Waals surface area contributed by atoms with Crippen molar-refractivity contribution in [2.45, 2.75) is 31.3 Å². The number of hydrogen-bond acceptors (Lipinski definition) is 7. The van der Waals surface area contributed by atoms with E-state index in [1.54, 1.807) is 11.3 Å². The first-order valence-corrected chi connectivity index (χ1v) is 12.5. The molecule has 1 aliphatic heterocycles. The number of aryl methyl sites for hydroxylation is 1. The Morgan fingerprint density at radius 3 is 2.81 bits per heavy atom. The third kappa shape index (κ3) is 4.33. The van der Waals surface area contributed by atoms with Crippen molar-refractivity contribution in [2.75, 3.05) is 22.5 Å². The van der Waals surface area contributed by atoms with Crippen LogP contribution in [0.5, 0.6) is 0 Å². The van der Waals surface area contributed by atoms with E-state index in [1.165, 1.54) is 29.2 Å². The lowest BCUT2D eigenvalue weighted by Gasteiger charge is -2.28. The monoisotopic (exact) mass is 461 g/mol. The first kappa shape index (κ1) is 20.9. The highest BCUT2D eigenvalue weighted by atomic mass is 32.2. The SMILES string of the molecule is CCc1ccccc1NC(=O)CSc1ncnc2nc(N3CCc4ccccc4C3)sc12. The number of nitrogens with one attached hydrogen (secondary N) is 1. The fourth-order valence-electron chi connectivity index (χ4n) is 3.89. The summed E-state index contributed by atoms with van der Waals surface area (Å²) >= 11 is 3.03. The van der Waals surface area contributed by atoms with E-state index in [-0.39, 0.29) is 11.7 Å². The maximum atomic E-state index is 12.6. The van der Waals surface area contributed by atoms with Crippen LogP contribution in [0.2, 0.25) is 0 Å². The van der Waals surface area contributed by atoms with Crippen molar-refractivity contribution in [3.05, 3.63) is 71.5 Å². The minimum Gasteiger partial charge on any atom is -0.343 e. The third-order valence-electron chi connectivity index (χ3n) is 5.56. The highest BCUT2D eigenvalue weighted by Gasteiger charge is 2.21. The van der Waals surface area contributed by atoms with Gasteiger partial charge in [0.05, 0.1) is 5.75 Å². The van der Waals surface area contributed by atoms with Crippen molar-refractivity contribution in [1.82, 2.24) is 15.0 Å². The number of anilines is 2. The van der Waals surface area contributed by atoms with Crippen LogP contribution in [0.4, 0.5) is 10.8 Å². The van der Waals surface area contributed by atoms with Crippen LogP contribution in [0.1, 0.15) is 23.6 Å². The number of carbonyl (C=O) groups excluding carboxylic acids is 1. The van der Waals surface area contributed by atoms with Gasteiger partial charge in [-0.3, -0.25) is 4.79 Å². The molecule has 0 atom stereocenters. The van der Waals surface area contributed by atoms with E-state index >= 15 is 0 Å². The molecule has 32 heavy (non-hydrogen) atoms. The standard InChI is InChI=1S/C24H23N5OS2/c1-2-16-7-5-6-10-19(16)27-20(30)14-31-23-21-22(25-15-26-23)28-24(32-21)29-12-11-17-8-3-4-9-18(17)13-29/h3-10,15H,2,11-14H2,1H3,(H,27,30). The molecule has 0 saturated carbocycles.